The zero-order valence-electron chi connectivity index (χ0n) is 51.9. The molecule has 452 valence electrons. The number of carbonyl (C=O) groups excluding carboxylic acids is 7. The number of aliphatic hydroxyl groups is 1. The van der Waals surface area contributed by atoms with E-state index in [1.807, 2.05) is 83.1 Å². The van der Waals surface area contributed by atoms with Gasteiger partial charge in [0.25, 0.3) is 0 Å². The molecule has 0 amide bonds. The van der Waals surface area contributed by atoms with Crippen LogP contribution in [0.2, 0.25) is 0 Å². The first kappa shape index (κ1) is 66.1. The largest absolute Gasteiger partial charge is 0.463 e. The molecule has 0 aromatic rings. The Morgan fingerprint density at radius 1 is 0.532 bits per heavy atom. The molecule has 9 aliphatic carbocycles. The lowest BCUT2D eigenvalue weighted by atomic mass is 9.46. The molecule has 9 saturated carbocycles. The summed E-state index contributed by atoms with van der Waals surface area (Å²) in [6, 6.07) is 0. The molecule has 1 aliphatic heterocycles. The van der Waals surface area contributed by atoms with Crippen LogP contribution in [-0.2, 0) is 66.7 Å². The number of ether oxygens (including phenoxy) is 7. The van der Waals surface area contributed by atoms with Gasteiger partial charge in [-0.2, -0.15) is 0 Å². The zero-order valence-corrected chi connectivity index (χ0v) is 51.9. The van der Waals surface area contributed by atoms with Crippen molar-refractivity contribution in [1.29, 1.82) is 0 Å². The van der Waals surface area contributed by atoms with Crippen LogP contribution in [0.25, 0.3) is 0 Å². The number of rotatable bonds is 18. The van der Waals surface area contributed by atoms with Gasteiger partial charge < -0.3 is 38.3 Å². The summed E-state index contributed by atoms with van der Waals surface area (Å²) in [6.45, 7) is 30.4. The van der Waals surface area contributed by atoms with Crippen LogP contribution in [-0.4, -0.2) is 95.2 Å². The van der Waals surface area contributed by atoms with Crippen LogP contribution in [0.15, 0.2) is 0 Å². The van der Waals surface area contributed by atoms with Gasteiger partial charge in [0.15, 0.2) is 13.2 Å². The molecular weight excluding hydrogens is 1010 g/mol. The third kappa shape index (κ3) is 16.9. The number of hydrogen-bond donors (Lipinski definition) is 1. The highest BCUT2D eigenvalue weighted by Gasteiger charge is 2.61. The Morgan fingerprint density at radius 2 is 0.949 bits per heavy atom. The molecule has 15 heteroatoms. The van der Waals surface area contributed by atoms with Crippen molar-refractivity contribution in [1.82, 2.24) is 0 Å². The molecule has 79 heavy (non-hydrogen) atoms. The summed E-state index contributed by atoms with van der Waals surface area (Å²) in [7, 11) is 0. The summed E-state index contributed by atoms with van der Waals surface area (Å²) in [5.41, 5.74) is -3.83. The summed E-state index contributed by atoms with van der Waals surface area (Å²) in [5, 5.41) is 10.6. The average Bonchev–Trinajstić information content (AvgIpc) is 3.79. The topological polar surface area (TPSA) is 204 Å². The molecule has 0 radical (unpaired) electrons. The van der Waals surface area contributed by atoms with E-state index in [0.717, 1.165) is 62.7 Å². The van der Waals surface area contributed by atoms with Gasteiger partial charge in [-0.15, -0.1) is 0 Å². The van der Waals surface area contributed by atoms with Crippen molar-refractivity contribution in [3.8, 4) is 0 Å². The Balaban J connectivity index is 0.000000197. The lowest BCUT2D eigenvalue weighted by molar-refractivity contribution is -0.225. The molecule has 0 aromatic carbocycles. The van der Waals surface area contributed by atoms with Gasteiger partial charge in [-0.1, -0.05) is 47.0 Å². The second-order valence-corrected chi connectivity index (χ2v) is 29.3. The monoisotopic (exact) mass is 1110 g/mol. The fourth-order valence-corrected chi connectivity index (χ4v) is 14.1. The van der Waals surface area contributed by atoms with E-state index in [0.29, 0.717) is 56.5 Å². The lowest BCUT2D eigenvalue weighted by Gasteiger charge is -2.61. The zero-order chi connectivity index (χ0) is 59.2. The second-order valence-electron chi connectivity index (χ2n) is 29.3. The lowest BCUT2D eigenvalue weighted by Crippen LogP contribution is -2.61. The normalized spacial score (nSPS) is 30.0. The van der Waals surface area contributed by atoms with Gasteiger partial charge in [-0.05, 0) is 228 Å². The highest BCUT2D eigenvalue weighted by molar-refractivity contribution is 5.83. The number of carbonyl (C=O) groups is 7. The Hall–Kier alpha value is -3.75. The number of esters is 7. The Kier molecular flexibility index (Phi) is 21.6. The first-order chi connectivity index (χ1) is 36.5. The van der Waals surface area contributed by atoms with Crippen LogP contribution in [0.4, 0.5) is 0 Å². The summed E-state index contributed by atoms with van der Waals surface area (Å²) in [6.07, 6.45) is 21.8. The standard InChI is InChI=1S/C21H34O4.C17H30O4.C16H26O3.C10H16O4/c1-6-19(2,3)18(23)24-13-17(22)25-20(4,5)21-10-14-7-15(11-21)9-16(8-14)12-21;1-6-16(2,3)15(19)20-12-14(18)21-17(4,5)13-10-8-7-9-11-13;1-4-14(2,3)13(17)19-16-8-11-5-12(9-16)7-15(18,6-11)10-16;1-4-10(2,3)9(12)14-7-5-6-13-8(7)11/h14-16H,6-13H2,1-5H3;13H,6-12H2,1-5H3;11-12,18H,4-10H2,1-3H3;7H,4-6H2,1-3H3. The molecule has 1 heterocycles. The first-order valence-corrected chi connectivity index (χ1v) is 30.6. The molecule has 0 aromatic heterocycles. The van der Waals surface area contributed by atoms with E-state index in [9.17, 15) is 38.7 Å². The Morgan fingerprint density at radius 3 is 1.37 bits per heavy atom. The predicted octanol–water partition coefficient (Wildman–Crippen LogP) is 12.7. The van der Waals surface area contributed by atoms with Crippen molar-refractivity contribution < 1.29 is 71.8 Å². The van der Waals surface area contributed by atoms with Crippen LogP contribution < -0.4 is 0 Å². The van der Waals surface area contributed by atoms with Gasteiger partial charge in [0, 0.05) is 18.3 Å². The van der Waals surface area contributed by atoms with Crippen molar-refractivity contribution >= 4 is 41.8 Å². The molecule has 3 atom stereocenters. The molecule has 10 aliphatic rings. The molecule has 1 N–H and O–H groups in total. The van der Waals surface area contributed by atoms with Crippen LogP contribution in [0.5, 0.6) is 0 Å². The fraction of sp³-hybridized carbons (Fsp3) is 0.891. The minimum absolute atomic E-state index is 0.0828. The predicted molar refractivity (Wildman–Crippen MR) is 300 cm³/mol. The maximum atomic E-state index is 12.4. The second kappa shape index (κ2) is 25.8. The van der Waals surface area contributed by atoms with Gasteiger partial charge in [-0.25, -0.2) is 14.4 Å². The van der Waals surface area contributed by atoms with E-state index in [2.05, 4.69) is 13.8 Å². The van der Waals surface area contributed by atoms with Gasteiger partial charge in [0.2, 0.25) is 6.10 Å². The molecule has 15 nitrogen and oxygen atoms in total. The van der Waals surface area contributed by atoms with Crippen LogP contribution in [0.3, 0.4) is 0 Å². The van der Waals surface area contributed by atoms with Crippen molar-refractivity contribution in [2.75, 3.05) is 19.8 Å². The first-order valence-electron chi connectivity index (χ1n) is 30.6. The number of cyclic esters (lactones) is 1. The minimum Gasteiger partial charge on any atom is -0.463 e. The van der Waals surface area contributed by atoms with Gasteiger partial charge in [0.05, 0.1) is 33.9 Å². The van der Waals surface area contributed by atoms with Gasteiger partial charge in [0.1, 0.15) is 16.8 Å². The molecule has 10 fully saturated rings. The van der Waals surface area contributed by atoms with E-state index >= 15 is 0 Å². The summed E-state index contributed by atoms with van der Waals surface area (Å²) >= 11 is 0. The minimum atomic E-state index is -0.687. The smallest absolute Gasteiger partial charge is 0.347 e. The van der Waals surface area contributed by atoms with Crippen molar-refractivity contribution in [3.05, 3.63) is 0 Å². The fourth-order valence-electron chi connectivity index (χ4n) is 14.1. The molecule has 8 bridgehead atoms. The third-order valence-corrected chi connectivity index (χ3v) is 20.5. The van der Waals surface area contributed by atoms with E-state index in [4.69, 9.17) is 33.2 Å². The van der Waals surface area contributed by atoms with Crippen LogP contribution in [0.1, 0.15) is 252 Å². The summed E-state index contributed by atoms with van der Waals surface area (Å²) in [5.74, 6) is 1.57. The highest BCUT2D eigenvalue weighted by atomic mass is 16.6. The van der Waals surface area contributed by atoms with Crippen LogP contribution >= 0.6 is 0 Å². The van der Waals surface area contributed by atoms with Gasteiger partial charge >= 0.3 is 41.8 Å². The highest BCUT2D eigenvalue weighted by Crippen LogP contribution is 2.64. The summed E-state index contributed by atoms with van der Waals surface area (Å²) < 4.78 is 37.5. The average molecular weight is 1120 g/mol. The molecule has 3 unspecified atom stereocenters. The quantitative estimate of drug-likeness (QED) is 0.100. The van der Waals surface area contributed by atoms with E-state index in [-0.39, 0.29) is 48.1 Å². The maximum absolute atomic E-state index is 12.4. The molecule has 0 spiro atoms. The molecule has 1 saturated heterocycles. The van der Waals surface area contributed by atoms with E-state index < -0.39 is 62.5 Å². The SMILES string of the molecule is CCC(C)(C)C(=O)OC12CC3CC(CC(O)(C3)C1)C2.CCC(C)(C)C(=O)OC1CCOC1=O.CCC(C)(C)C(=O)OCC(=O)OC(C)(C)C12CC3CC(CC(C3)C1)C2.CCC(C)(C)C(=O)OCC(=O)OC(C)(C)C1CCCCC1. The number of hydrogen-bond acceptors (Lipinski definition) is 15. The van der Waals surface area contributed by atoms with Crippen molar-refractivity contribution in [3.63, 3.8) is 0 Å². The van der Waals surface area contributed by atoms with Gasteiger partial charge in [-0.3, -0.25) is 19.2 Å². The Bertz CT molecular complexity index is 2090. The van der Waals surface area contributed by atoms with Crippen LogP contribution in [0, 0.1) is 62.6 Å². The molecular formula is C64H106O15. The van der Waals surface area contributed by atoms with E-state index in [1.165, 1.54) is 64.2 Å². The Labute approximate surface area is 474 Å². The van der Waals surface area contributed by atoms with E-state index in [1.54, 1.807) is 13.8 Å². The molecule has 10 rings (SSSR count). The van der Waals surface area contributed by atoms with Crippen molar-refractivity contribution in [2.45, 2.75) is 281 Å². The third-order valence-electron chi connectivity index (χ3n) is 20.5. The maximum Gasteiger partial charge on any atom is 0.347 e. The summed E-state index contributed by atoms with van der Waals surface area (Å²) in [4.78, 5) is 83.2. The van der Waals surface area contributed by atoms with Crippen molar-refractivity contribution in [2.24, 2.45) is 62.6 Å².